The summed E-state index contributed by atoms with van der Waals surface area (Å²) < 4.78 is 10.4. The van der Waals surface area contributed by atoms with Crippen LogP contribution in [0, 0.1) is 18.3 Å². The molecule has 5 nitrogen and oxygen atoms in total. The van der Waals surface area contributed by atoms with Crippen LogP contribution >= 0.6 is 23.2 Å². The molecule has 1 amide bonds. The summed E-state index contributed by atoms with van der Waals surface area (Å²) in [5.41, 5.74) is 1.71. The molecule has 0 aliphatic rings. The molecule has 0 spiro atoms. The van der Waals surface area contributed by atoms with Crippen molar-refractivity contribution < 1.29 is 14.3 Å². The first-order valence-electron chi connectivity index (χ1n) is 7.50. The molecule has 0 aromatic heterocycles. The first-order valence-corrected chi connectivity index (χ1v) is 8.26. The average molecular weight is 391 g/mol. The van der Waals surface area contributed by atoms with Gasteiger partial charge in [-0.05, 0) is 48.4 Å². The molecule has 0 saturated carbocycles. The van der Waals surface area contributed by atoms with Crippen LogP contribution < -0.4 is 14.8 Å². The van der Waals surface area contributed by atoms with Crippen molar-refractivity contribution in [2.75, 3.05) is 19.5 Å². The number of ether oxygens (including phenoxy) is 2. The Morgan fingerprint density at radius 3 is 2.38 bits per heavy atom. The average Bonchev–Trinajstić information content (AvgIpc) is 2.62. The second kappa shape index (κ2) is 8.61. The Labute approximate surface area is 161 Å². The van der Waals surface area contributed by atoms with Crippen LogP contribution in [-0.4, -0.2) is 20.1 Å². The van der Waals surface area contributed by atoms with E-state index >= 15 is 0 Å². The lowest BCUT2D eigenvalue weighted by atomic mass is 10.1. The maximum atomic E-state index is 12.4. The number of nitrogens with zero attached hydrogens (tertiary/aromatic N) is 1. The minimum absolute atomic E-state index is 0.103. The summed E-state index contributed by atoms with van der Waals surface area (Å²) in [6.45, 7) is 1.81. The Balaban J connectivity index is 2.35. The van der Waals surface area contributed by atoms with Crippen molar-refractivity contribution in [3.63, 3.8) is 0 Å². The van der Waals surface area contributed by atoms with E-state index in [0.717, 1.165) is 5.56 Å². The van der Waals surface area contributed by atoms with Crippen LogP contribution in [0.1, 0.15) is 11.1 Å². The van der Waals surface area contributed by atoms with Crippen molar-refractivity contribution in [1.82, 2.24) is 0 Å². The lowest BCUT2D eigenvalue weighted by Gasteiger charge is -2.11. The summed E-state index contributed by atoms with van der Waals surface area (Å²) in [4.78, 5) is 12.4. The Bertz CT molecular complexity index is 918. The Morgan fingerprint density at radius 2 is 1.81 bits per heavy atom. The third kappa shape index (κ3) is 4.48. The zero-order valence-corrected chi connectivity index (χ0v) is 15.9. The van der Waals surface area contributed by atoms with E-state index in [0.29, 0.717) is 32.8 Å². The second-order valence-electron chi connectivity index (χ2n) is 5.31. The highest BCUT2D eigenvalue weighted by Crippen LogP contribution is 2.34. The van der Waals surface area contributed by atoms with Crippen LogP contribution in [-0.2, 0) is 4.79 Å². The highest BCUT2D eigenvalue weighted by atomic mass is 35.5. The van der Waals surface area contributed by atoms with Crippen molar-refractivity contribution in [3.8, 4) is 17.6 Å². The van der Waals surface area contributed by atoms with Gasteiger partial charge in [0, 0.05) is 16.8 Å². The number of anilines is 1. The fourth-order valence-electron chi connectivity index (χ4n) is 2.24. The van der Waals surface area contributed by atoms with E-state index in [2.05, 4.69) is 5.32 Å². The number of carbonyl (C=O) groups is 1. The van der Waals surface area contributed by atoms with Gasteiger partial charge in [0.15, 0.2) is 11.5 Å². The first kappa shape index (κ1) is 19.6. The minimum atomic E-state index is -0.552. The zero-order chi connectivity index (χ0) is 19.3. The summed E-state index contributed by atoms with van der Waals surface area (Å²) in [6, 6.07) is 10.1. The van der Waals surface area contributed by atoms with Gasteiger partial charge in [0.2, 0.25) is 0 Å². The molecular weight excluding hydrogens is 375 g/mol. The van der Waals surface area contributed by atoms with Gasteiger partial charge >= 0.3 is 0 Å². The molecule has 0 saturated heterocycles. The van der Waals surface area contributed by atoms with E-state index in [1.54, 1.807) is 30.3 Å². The molecule has 134 valence electrons. The lowest BCUT2D eigenvalue weighted by Crippen LogP contribution is -2.14. The zero-order valence-electron chi connectivity index (χ0n) is 14.4. The molecule has 0 unspecified atom stereocenters. The van der Waals surface area contributed by atoms with E-state index < -0.39 is 5.91 Å². The topological polar surface area (TPSA) is 71.3 Å². The third-order valence-corrected chi connectivity index (χ3v) is 4.17. The van der Waals surface area contributed by atoms with Crippen molar-refractivity contribution in [1.29, 1.82) is 5.26 Å². The molecule has 7 heteroatoms. The van der Waals surface area contributed by atoms with E-state index in [9.17, 15) is 10.1 Å². The number of nitriles is 1. The van der Waals surface area contributed by atoms with Crippen LogP contribution in [0.3, 0.4) is 0 Å². The number of amides is 1. The van der Waals surface area contributed by atoms with Gasteiger partial charge in [-0.1, -0.05) is 23.2 Å². The van der Waals surface area contributed by atoms with Gasteiger partial charge in [-0.2, -0.15) is 5.26 Å². The number of benzene rings is 2. The lowest BCUT2D eigenvalue weighted by molar-refractivity contribution is -0.112. The molecule has 0 fully saturated rings. The molecule has 1 N–H and O–H groups in total. The van der Waals surface area contributed by atoms with E-state index in [4.69, 9.17) is 32.7 Å². The predicted molar refractivity (Wildman–Crippen MR) is 103 cm³/mol. The van der Waals surface area contributed by atoms with Crippen molar-refractivity contribution in [2.24, 2.45) is 0 Å². The largest absolute Gasteiger partial charge is 0.493 e. The summed E-state index contributed by atoms with van der Waals surface area (Å²) in [5.74, 6) is 0.340. The number of halogens is 2. The minimum Gasteiger partial charge on any atom is -0.493 e. The van der Waals surface area contributed by atoms with Crippen molar-refractivity contribution in [2.45, 2.75) is 6.92 Å². The quantitative estimate of drug-likeness (QED) is 0.584. The molecule has 2 aromatic rings. The van der Waals surface area contributed by atoms with Gasteiger partial charge in [0.25, 0.3) is 5.91 Å². The fraction of sp³-hybridized carbons (Fsp3) is 0.158. The normalized spacial score (nSPS) is 10.8. The number of nitrogens with one attached hydrogen (secondary N) is 1. The molecule has 0 radical (unpaired) electrons. The van der Waals surface area contributed by atoms with Gasteiger partial charge in [0.1, 0.15) is 11.6 Å². The maximum absolute atomic E-state index is 12.4. The fourth-order valence-corrected chi connectivity index (χ4v) is 2.68. The number of rotatable bonds is 5. The number of hydrogen-bond donors (Lipinski definition) is 1. The SMILES string of the molecule is COc1cc(Cl)c(/C=C(\C#N)C(=O)Nc2ccc(Cl)cc2C)cc1OC. The number of hydrogen-bond acceptors (Lipinski definition) is 4. The third-order valence-electron chi connectivity index (χ3n) is 3.60. The molecule has 0 aliphatic heterocycles. The smallest absolute Gasteiger partial charge is 0.266 e. The standard InChI is InChI=1S/C19H16Cl2N2O3/c1-11-6-14(20)4-5-16(11)23-19(24)13(10-22)7-12-8-17(25-2)18(26-3)9-15(12)21/h4-9H,1-3H3,(H,23,24)/b13-7+. The van der Waals surface area contributed by atoms with Gasteiger partial charge in [0.05, 0.1) is 19.2 Å². The Hall–Kier alpha value is -2.68. The number of carbonyl (C=O) groups excluding carboxylic acids is 1. The monoisotopic (exact) mass is 390 g/mol. The van der Waals surface area contributed by atoms with Crippen LogP contribution in [0.4, 0.5) is 5.69 Å². The summed E-state index contributed by atoms with van der Waals surface area (Å²) >= 11 is 12.1. The summed E-state index contributed by atoms with van der Waals surface area (Å²) in [6.07, 6.45) is 1.39. The molecule has 2 rings (SSSR count). The first-order chi connectivity index (χ1) is 12.4. The van der Waals surface area contributed by atoms with Crippen molar-refractivity contribution in [3.05, 3.63) is 57.1 Å². The molecule has 26 heavy (non-hydrogen) atoms. The van der Waals surface area contributed by atoms with Crippen LogP contribution in [0.25, 0.3) is 6.08 Å². The molecular formula is C19H16Cl2N2O3. The highest BCUT2D eigenvalue weighted by molar-refractivity contribution is 6.32. The second-order valence-corrected chi connectivity index (χ2v) is 6.16. The van der Waals surface area contributed by atoms with Crippen LogP contribution in [0.15, 0.2) is 35.9 Å². The van der Waals surface area contributed by atoms with Gasteiger partial charge in [-0.15, -0.1) is 0 Å². The summed E-state index contributed by atoms with van der Waals surface area (Å²) in [7, 11) is 2.98. The van der Waals surface area contributed by atoms with Crippen LogP contribution in [0.5, 0.6) is 11.5 Å². The Morgan fingerprint density at radius 1 is 1.15 bits per heavy atom. The van der Waals surface area contributed by atoms with Gasteiger partial charge in [-0.3, -0.25) is 4.79 Å². The molecule has 0 bridgehead atoms. The maximum Gasteiger partial charge on any atom is 0.266 e. The molecule has 0 heterocycles. The molecule has 0 atom stereocenters. The van der Waals surface area contributed by atoms with E-state index in [1.807, 2.05) is 13.0 Å². The highest BCUT2D eigenvalue weighted by Gasteiger charge is 2.14. The Kier molecular flexibility index (Phi) is 6.51. The van der Waals surface area contributed by atoms with E-state index in [-0.39, 0.29) is 5.57 Å². The van der Waals surface area contributed by atoms with E-state index in [1.165, 1.54) is 20.3 Å². The van der Waals surface area contributed by atoms with Gasteiger partial charge in [-0.25, -0.2) is 0 Å². The summed E-state index contributed by atoms with van der Waals surface area (Å²) in [5, 5.41) is 12.9. The number of methoxy groups -OCH3 is 2. The number of aryl methyl sites for hydroxylation is 1. The van der Waals surface area contributed by atoms with Crippen molar-refractivity contribution >= 4 is 40.9 Å². The van der Waals surface area contributed by atoms with Crippen LogP contribution in [0.2, 0.25) is 10.0 Å². The molecule has 0 aliphatic carbocycles. The molecule has 2 aromatic carbocycles. The predicted octanol–water partition coefficient (Wildman–Crippen LogP) is 4.86. The van der Waals surface area contributed by atoms with Gasteiger partial charge < -0.3 is 14.8 Å².